The van der Waals surface area contributed by atoms with E-state index in [4.69, 9.17) is 4.74 Å². The number of methoxy groups -OCH3 is 1. The summed E-state index contributed by atoms with van der Waals surface area (Å²) >= 11 is 0. The molecular weight excluding hydrogens is 372 g/mol. The van der Waals surface area contributed by atoms with Crippen LogP contribution in [-0.2, 0) is 4.79 Å². The minimum absolute atomic E-state index is 0.0214. The van der Waals surface area contributed by atoms with Gasteiger partial charge in [0.2, 0.25) is 0 Å². The van der Waals surface area contributed by atoms with Crippen LogP contribution >= 0.6 is 0 Å². The number of anilines is 1. The van der Waals surface area contributed by atoms with Crippen molar-refractivity contribution in [2.75, 3.05) is 12.4 Å². The van der Waals surface area contributed by atoms with Crippen LogP contribution in [0.4, 0.5) is 11.4 Å². The topological polar surface area (TPSA) is 110 Å². The van der Waals surface area contributed by atoms with E-state index in [1.165, 1.54) is 25.3 Å². The maximum Gasteiger partial charge on any atom is 0.269 e. The second-order valence-electron chi connectivity index (χ2n) is 5.90. The van der Waals surface area contributed by atoms with Crippen LogP contribution in [0.25, 0.3) is 11.8 Å². The van der Waals surface area contributed by atoms with Crippen LogP contribution in [0.1, 0.15) is 5.69 Å². The van der Waals surface area contributed by atoms with Gasteiger partial charge in [-0.05, 0) is 42.5 Å². The maximum atomic E-state index is 12.6. The van der Waals surface area contributed by atoms with Gasteiger partial charge in [-0.1, -0.05) is 12.1 Å². The largest absolute Gasteiger partial charge is 0.495 e. The molecular formula is C21H16N4O4. The first kappa shape index (κ1) is 19.4. The Morgan fingerprint density at radius 2 is 1.90 bits per heavy atom. The molecule has 0 unspecified atom stereocenters. The van der Waals surface area contributed by atoms with Crippen LogP contribution in [0.15, 0.2) is 72.4 Å². The zero-order valence-corrected chi connectivity index (χ0v) is 15.4. The number of para-hydroxylation sites is 2. The Balaban J connectivity index is 1.89. The van der Waals surface area contributed by atoms with Gasteiger partial charge in [-0.3, -0.25) is 14.9 Å². The number of non-ortho nitro benzene ring substituents is 1. The minimum Gasteiger partial charge on any atom is -0.495 e. The van der Waals surface area contributed by atoms with Crippen molar-refractivity contribution in [3.05, 3.63) is 88.2 Å². The molecule has 1 amide bonds. The zero-order valence-electron chi connectivity index (χ0n) is 15.4. The molecule has 0 fully saturated rings. The lowest BCUT2D eigenvalue weighted by Gasteiger charge is -2.10. The number of nitriles is 1. The molecule has 1 heterocycles. The summed E-state index contributed by atoms with van der Waals surface area (Å²) in [5, 5.41) is 22.9. The summed E-state index contributed by atoms with van der Waals surface area (Å²) < 4.78 is 6.92. The quantitative estimate of drug-likeness (QED) is 0.298. The van der Waals surface area contributed by atoms with Crippen molar-refractivity contribution in [2.45, 2.75) is 0 Å². The summed E-state index contributed by atoms with van der Waals surface area (Å²) in [5.74, 6) is -0.0964. The highest BCUT2D eigenvalue weighted by Gasteiger charge is 2.14. The van der Waals surface area contributed by atoms with Gasteiger partial charge in [0.05, 0.1) is 17.7 Å². The summed E-state index contributed by atoms with van der Waals surface area (Å²) in [6, 6.07) is 18.2. The highest BCUT2D eigenvalue weighted by atomic mass is 16.6. The maximum absolute atomic E-state index is 12.6. The average molecular weight is 388 g/mol. The molecule has 2 aromatic carbocycles. The number of carbonyl (C=O) groups is 1. The molecule has 0 aliphatic rings. The standard InChI is InChI=1S/C21H16N4O4/c1-29-20-7-3-2-6-19(20)23-21(26)15(14-22)13-18-5-4-12-24(18)16-8-10-17(11-9-16)25(27)28/h2-13H,1H3,(H,23,26)/b15-13-. The van der Waals surface area contributed by atoms with Crippen molar-refractivity contribution in [3.63, 3.8) is 0 Å². The Morgan fingerprint density at radius 3 is 2.55 bits per heavy atom. The van der Waals surface area contributed by atoms with Gasteiger partial charge in [0.25, 0.3) is 11.6 Å². The van der Waals surface area contributed by atoms with Crippen LogP contribution in [0.2, 0.25) is 0 Å². The third-order valence-electron chi connectivity index (χ3n) is 4.13. The molecule has 1 N–H and O–H groups in total. The molecule has 144 valence electrons. The van der Waals surface area contributed by atoms with Gasteiger partial charge in [0.15, 0.2) is 0 Å². The van der Waals surface area contributed by atoms with Crippen molar-refractivity contribution in [1.82, 2.24) is 4.57 Å². The summed E-state index contributed by atoms with van der Waals surface area (Å²) in [7, 11) is 1.49. The summed E-state index contributed by atoms with van der Waals surface area (Å²) in [6.45, 7) is 0. The molecule has 0 aliphatic carbocycles. The van der Waals surface area contributed by atoms with E-state index in [9.17, 15) is 20.2 Å². The lowest BCUT2D eigenvalue weighted by molar-refractivity contribution is -0.384. The number of nitro benzene ring substituents is 1. The first-order valence-corrected chi connectivity index (χ1v) is 8.52. The number of benzene rings is 2. The van der Waals surface area contributed by atoms with E-state index in [1.54, 1.807) is 59.3 Å². The molecule has 3 aromatic rings. The third-order valence-corrected chi connectivity index (χ3v) is 4.13. The first-order valence-electron chi connectivity index (χ1n) is 8.52. The summed E-state index contributed by atoms with van der Waals surface area (Å²) in [4.78, 5) is 22.9. The monoisotopic (exact) mass is 388 g/mol. The smallest absolute Gasteiger partial charge is 0.269 e. The van der Waals surface area contributed by atoms with Crippen LogP contribution in [0.5, 0.6) is 5.75 Å². The number of rotatable bonds is 6. The van der Waals surface area contributed by atoms with Crippen molar-refractivity contribution < 1.29 is 14.5 Å². The fourth-order valence-corrected chi connectivity index (χ4v) is 2.72. The second kappa shape index (κ2) is 8.54. The van der Waals surface area contributed by atoms with E-state index in [0.717, 1.165) is 0 Å². The summed E-state index contributed by atoms with van der Waals surface area (Å²) in [5.41, 5.74) is 1.57. The normalized spacial score (nSPS) is 10.8. The first-order chi connectivity index (χ1) is 14.0. The Kier molecular flexibility index (Phi) is 5.71. The third kappa shape index (κ3) is 4.31. The van der Waals surface area contributed by atoms with Gasteiger partial charge < -0.3 is 14.6 Å². The molecule has 8 nitrogen and oxygen atoms in total. The molecule has 0 saturated carbocycles. The Labute approximate surface area is 166 Å². The molecule has 0 spiro atoms. The second-order valence-corrected chi connectivity index (χ2v) is 5.90. The minimum atomic E-state index is -0.576. The van der Waals surface area contributed by atoms with Gasteiger partial charge in [-0.2, -0.15) is 5.26 Å². The number of aromatic nitrogens is 1. The number of carbonyl (C=O) groups excluding carboxylic acids is 1. The average Bonchev–Trinajstić information content (AvgIpc) is 3.20. The van der Waals surface area contributed by atoms with E-state index in [2.05, 4.69) is 5.32 Å². The van der Waals surface area contributed by atoms with Gasteiger partial charge in [0.1, 0.15) is 17.4 Å². The number of nitro groups is 1. The Hall–Kier alpha value is -4.38. The highest BCUT2D eigenvalue weighted by Crippen LogP contribution is 2.24. The Morgan fingerprint density at radius 1 is 1.17 bits per heavy atom. The van der Waals surface area contributed by atoms with Crippen molar-refractivity contribution >= 4 is 23.4 Å². The molecule has 1 aromatic heterocycles. The predicted octanol–water partition coefficient (Wildman–Crippen LogP) is 3.94. The number of ether oxygens (including phenoxy) is 1. The van der Waals surface area contributed by atoms with Crippen LogP contribution in [0, 0.1) is 21.4 Å². The predicted molar refractivity (Wildman–Crippen MR) is 108 cm³/mol. The van der Waals surface area contributed by atoms with Crippen LogP contribution < -0.4 is 10.1 Å². The molecule has 0 atom stereocenters. The molecule has 0 bridgehead atoms. The van der Waals surface area contributed by atoms with Crippen LogP contribution in [-0.4, -0.2) is 22.5 Å². The number of hydrogen-bond acceptors (Lipinski definition) is 5. The number of nitrogens with one attached hydrogen (secondary N) is 1. The highest BCUT2D eigenvalue weighted by molar-refractivity contribution is 6.10. The van der Waals surface area contributed by atoms with Crippen molar-refractivity contribution in [1.29, 1.82) is 5.26 Å². The van der Waals surface area contributed by atoms with E-state index < -0.39 is 10.8 Å². The number of nitrogens with zero attached hydrogens (tertiary/aromatic N) is 3. The zero-order chi connectivity index (χ0) is 20.8. The molecule has 0 saturated heterocycles. The number of amides is 1. The molecule has 0 aliphatic heterocycles. The summed E-state index contributed by atoms with van der Waals surface area (Å²) in [6.07, 6.45) is 3.19. The lowest BCUT2D eigenvalue weighted by Crippen LogP contribution is -2.14. The fourth-order valence-electron chi connectivity index (χ4n) is 2.72. The van der Waals surface area contributed by atoms with Crippen molar-refractivity contribution in [3.8, 4) is 17.5 Å². The number of hydrogen-bond donors (Lipinski definition) is 1. The van der Waals surface area contributed by atoms with Gasteiger partial charge in [-0.15, -0.1) is 0 Å². The molecule has 8 heteroatoms. The van der Waals surface area contributed by atoms with Crippen molar-refractivity contribution in [2.24, 2.45) is 0 Å². The van der Waals surface area contributed by atoms with Gasteiger partial charge in [-0.25, -0.2) is 0 Å². The van der Waals surface area contributed by atoms with E-state index in [1.807, 2.05) is 6.07 Å². The van der Waals surface area contributed by atoms with Gasteiger partial charge in [0, 0.05) is 29.7 Å². The molecule has 0 radical (unpaired) electrons. The Bertz CT molecular complexity index is 1120. The van der Waals surface area contributed by atoms with Gasteiger partial charge >= 0.3 is 0 Å². The van der Waals surface area contributed by atoms with E-state index >= 15 is 0 Å². The van der Waals surface area contributed by atoms with E-state index in [-0.39, 0.29) is 11.3 Å². The van der Waals surface area contributed by atoms with E-state index in [0.29, 0.717) is 22.8 Å². The molecule has 3 rings (SSSR count). The fraction of sp³-hybridized carbons (Fsp3) is 0.0476. The molecule has 29 heavy (non-hydrogen) atoms. The lowest BCUT2D eigenvalue weighted by atomic mass is 10.2. The SMILES string of the molecule is COc1ccccc1NC(=O)/C(C#N)=C\c1cccn1-c1ccc([N+](=O)[O-])cc1. The van der Waals surface area contributed by atoms with Crippen LogP contribution in [0.3, 0.4) is 0 Å².